The first-order chi connectivity index (χ1) is 11.7. The number of halogens is 1. The first-order valence-corrected chi connectivity index (χ1v) is 8.56. The van der Waals surface area contributed by atoms with Crippen LogP contribution in [0.3, 0.4) is 0 Å². The van der Waals surface area contributed by atoms with Gasteiger partial charge in [0.05, 0.1) is 19.3 Å². The fraction of sp³-hybridized carbons (Fsp3) is 0.333. The SMILES string of the molecule is Cc1c(F)cccc1C1=CC2COCC(C1)N2Cc1ccccc1. The summed E-state index contributed by atoms with van der Waals surface area (Å²) in [6.45, 7) is 4.26. The summed E-state index contributed by atoms with van der Waals surface area (Å²) in [7, 11) is 0. The van der Waals surface area contributed by atoms with Crippen LogP contribution in [0, 0.1) is 12.7 Å². The average molecular weight is 323 g/mol. The van der Waals surface area contributed by atoms with Gasteiger partial charge in [0.15, 0.2) is 0 Å². The lowest BCUT2D eigenvalue weighted by Crippen LogP contribution is -2.53. The molecule has 4 rings (SSSR count). The molecule has 2 aromatic carbocycles. The van der Waals surface area contributed by atoms with Crippen LogP contribution in [0.1, 0.15) is 23.1 Å². The molecule has 0 saturated carbocycles. The van der Waals surface area contributed by atoms with E-state index in [1.54, 1.807) is 6.07 Å². The van der Waals surface area contributed by atoms with Gasteiger partial charge in [0.2, 0.25) is 0 Å². The van der Waals surface area contributed by atoms with Gasteiger partial charge in [-0.25, -0.2) is 4.39 Å². The Bertz CT molecular complexity index is 756. The Labute approximate surface area is 142 Å². The third-order valence-electron chi connectivity index (χ3n) is 5.16. The van der Waals surface area contributed by atoms with Crippen molar-refractivity contribution in [2.45, 2.75) is 32.0 Å². The zero-order valence-electron chi connectivity index (χ0n) is 13.9. The van der Waals surface area contributed by atoms with Crippen LogP contribution in [0.15, 0.2) is 54.6 Å². The fourth-order valence-corrected chi connectivity index (χ4v) is 3.86. The van der Waals surface area contributed by atoms with E-state index in [-0.39, 0.29) is 11.9 Å². The fourth-order valence-electron chi connectivity index (χ4n) is 3.86. The Morgan fingerprint density at radius 2 is 1.92 bits per heavy atom. The maximum absolute atomic E-state index is 13.9. The van der Waals surface area contributed by atoms with Crippen molar-refractivity contribution in [1.29, 1.82) is 0 Å². The van der Waals surface area contributed by atoms with E-state index in [0.717, 1.165) is 30.7 Å². The molecule has 3 heteroatoms. The number of fused-ring (bicyclic) bond motifs is 2. The van der Waals surface area contributed by atoms with Crippen LogP contribution in [-0.2, 0) is 11.3 Å². The number of morpholine rings is 1. The molecular formula is C21H22FNO. The molecule has 0 spiro atoms. The molecule has 2 aliphatic rings. The summed E-state index contributed by atoms with van der Waals surface area (Å²) < 4.78 is 19.7. The molecule has 2 heterocycles. The van der Waals surface area contributed by atoms with E-state index < -0.39 is 0 Å². The Kier molecular flexibility index (Phi) is 4.21. The predicted molar refractivity (Wildman–Crippen MR) is 94.1 cm³/mol. The zero-order valence-corrected chi connectivity index (χ0v) is 13.9. The van der Waals surface area contributed by atoms with Crippen LogP contribution in [0.2, 0.25) is 0 Å². The molecule has 2 nitrogen and oxygen atoms in total. The summed E-state index contributed by atoms with van der Waals surface area (Å²) >= 11 is 0. The van der Waals surface area contributed by atoms with Crippen LogP contribution in [0.4, 0.5) is 4.39 Å². The molecule has 2 aliphatic heterocycles. The van der Waals surface area contributed by atoms with Gasteiger partial charge in [-0.05, 0) is 41.7 Å². The van der Waals surface area contributed by atoms with E-state index in [9.17, 15) is 4.39 Å². The molecule has 0 amide bonds. The Morgan fingerprint density at radius 1 is 1.08 bits per heavy atom. The first kappa shape index (κ1) is 15.6. The molecule has 2 aromatic rings. The minimum atomic E-state index is -0.124. The number of benzene rings is 2. The quantitative estimate of drug-likeness (QED) is 0.840. The highest BCUT2D eigenvalue weighted by Gasteiger charge is 2.35. The van der Waals surface area contributed by atoms with Gasteiger partial charge in [-0.2, -0.15) is 0 Å². The molecule has 1 saturated heterocycles. The lowest BCUT2D eigenvalue weighted by molar-refractivity contribution is -0.0402. The molecule has 1 fully saturated rings. The molecule has 2 unspecified atom stereocenters. The molecule has 2 atom stereocenters. The minimum absolute atomic E-state index is 0.124. The lowest BCUT2D eigenvalue weighted by Gasteiger charge is -2.45. The molecule has 0 aliphatic carbocycles. The number of ether oxygens (including phenoxy) is 1. The van der Waals surface area contributed by atoms with Crippen LogP contribution in [0.25, 0.3) is 5.57 Å². The smallest absolute Gasteiger partial charge is 0.126 e. The summed E-state index contributed by atoms with van der Waals surface area (Å²) in [5, 5.41) is 0. The molecule has 0 aromatic heterocycles. The van der Waals surface area contributed by atoms with Crippen molar-refractivity contribution in [3.63, 3.8) is 0 Å². The van der Waals surface area contributed by atoms with Gasteiger partial charge in [0, 0.05) is 12.6 Å². The third kappa shape index (κ3) is 2.90. The second-order valence-electron chi connectivity index (χ2n) is 6.72. The van der Waals surface area contributed by atoms with Gasteiger partial charge in [-0.1, -0.05) is 48.5 Å². The molecule has 24 heavy (non-hydrogen) atoms. The number of rotatable bonds is 3. The first-order valence-electron chi connectivity index (χ1n) is 8.56. The van der Waals surface area contributed by atoms with Gasteiger partial charge in [0.1, 0.15) is 5.82 Å². The topological polar surface area (TPSA) is 12.5 Å². The lowest BCUT2D eigenvalue weighted by atomic mass is 9.87. The molecule has 0 radical (unpaired) electrons. The van der Waals surface area contributed by atoms with Crippen LogP contribution >= 0.6 is 0 Å². The minimum Gasteiger partial charge on any atom is -0.378 e. The van der Waals surface area contributed by atoms with Crippen molar-refractivity contribution >= 4 is 5.57 Å². The van der Waals surface area contributed by atoms with Crippen LogP contribution in [0.5, 0.6) is 0 Å². The van der Waals surface area contributed by atoms with Gasteiger partial charge in [0.25, 0.3) is 0 Å². The van der Waals surface area contributed by atoms with Gasteiger partial charge >= 0.3 is 0 Å². The van der Waals surface area contributed by atoms with Crippen molar-refractivity contribution in [1.82, 2.24) is 4.90 Å². The standard InChI is InChI=1S/C21H22FNO/c1-15-20(8-5-9-21(15)22)17-10-18-13-24-14-19(11-17)23(18)12-16-6-3-2-4-7-16/h2-10,18-19H,11-14H2,1H3. The maximum Gasteiger partial charge on any atom is 0.126 e. The average Bonchev–Trinajstić information content (AvgIpc) is 2.58. The van der Waals surface area contributed by atoms with Gasteiger partial charge in [-0.15, -0.1) is 0 Å². The van der Waals surface area contributed by atoms with Crippen molar-refractivity contribution in [2.24, 2.45) is 0 Å². The van der Waals surface area contributed by atoms with Crippen molar-refractivity contribution in [3.8, 4) is 0 Å². The normalized spacial score (nSPS) is 23.8. The van der Waals surface area contributed by atoms with Crippen molar-refractivity contribution in [3.05, 3.63) is 77.1 Å². The Balaban J connectivity index is 1.64. The number of hydrogen-bond acceptors (Lipinski definition) is 2. The van der Waals surface area contributed by atoms with Crippen molar-refractivity contribution in [2.75, 3.05) is 13.2 Å². The molecule has 0 N–H and O–H groups in total. The second-order valence-corrected chi connectivity index (χ2v) is 6.72. The summed E-state index contributed by atoms with van der Waals surface area (Å²) in [6, 6.07) is 16.6. The van der Waals surface area contributed by atoms with Crippen LogP contribution < -0.4 is 0 Å². The van der Waals surface area contributed by atoms with E-state index in [0.29, 0.717) is 12.6 Å². The number of nitrogens with zero attached hydrogens (tertiary/aromatic N) is 1. The summed E-state index contributed by atoms with van der Waals surface area (Å²) in [5.41, 5.74) is 4.38. The number of hydrogen-bond donors (Lipinski definition) is 0. The summed E-state index contributed by atoms with van der Waals surface area (Å²) in [6.07, 6.45) is 3.19. The summed E-state index contributed by atoms with van der Waals surface area (Å²) in [4.78, 5) is 2.52. The van der Waals surface area contributed by atoms with E-state index in [4.69, 9.17) is 4.74 Å². The van der Waals surface area contributed by atoms with Gasteiger partial charge in [-0.3, -0.25) is 4.90 Å². The Morgan fingerprint density at radius 3 is 2.71 bits per heavy atom. The maximum atomic E-state index is 13.9. The third-order valence-corrected chi connectivity index (χ3v) is 5.16. The molecule has 2 bridgehead atoms. The zero-order chi connectivity index (χ0) is 16.5. The highest BCUT2D eigenvalue weighted by molar-refractivity contribution is 5.70. The highest BCUT2D eigenvalue weighted by atomic mass is 19.1. The van der Waals surface area contributed by atoms with E-state index in [2.05, 4.69) is 35.2 Å². The second kappa shape index (κ2) is 6.50. The predicted octanol–water partition coefficient (Wildman–Crippen LogP) is 4.19. The molecular weight excluding hydrogens is 301 g/mol. The van der Waals surface area contributed by atoms with E-state index >= 15 is 0 Å². The largest absolute Gasteiger partial charge is 0.378 e. The Hall–Kier alpha value is -1.97. The van der Waals surface area contributed by atoms with Gasteiger partial charge < -0.3 is 4.74 Å². The monoisotopic (exact) mass is 323 g/mol. The molecule has 124 valence electrons. The van der Waals surface area contributed by atoms with Crippen molar-refractivity contribution < 1.29 is 9.13 Å². The highest BCUT2D eigenvalue weighted by Crippen LogP contribution is 2.35. The van der Waals surface area contributed by atoms with E-state index in [1.165, 1.54) is 17.2 Å². The van der Waals surface area contributed by atoms with Crippen LogP contribution in [-0.4, -0.2) is 30.2 Å². The van der Waals surface area contributed by atoms with E-state index in [1.807, 2.05) is 19.1 Å². The summed E-state index contributed by atoms with van der Waals surface area (Å²) in [5.74, 6) is -0.124.